The number of amides is 1. The van der Waals surface area contributed by atoms with Gasteiger partial charge in [0.2, 0.25) is 0 Å². The zero-order valence-electron chi connectivity index (χ0n) is 11.1. The van der Waals surface area contributed by atoms with Gasteiger partial charge in [0, 0.05) is 6.04 Å². The van der Waals surface area contributed by atoms with E-state index in [0.29, 0.717) is 11.8 Å². The second kappa shape index (κ2) is 6.89. The molecule has 0 aromatic carbocycles. The topological polar surface area (TPSA) is 51.2 Å². The Kier molecular flexibility index (Phi) is 5.19. The minimum absolute atomic E-state index is 0.0465. The Hall–Kier alpha value is -1.10. The number of aromatic nitrogens is 1. The van der Waals surface area contributed by atoms with E-state index in [0.717, 1.165) is 17.4 Å². The van der Waals surface area contributed by atoms with Gasteiger partial charge < -0.3 is 10.1 Å². The number of rotatable bonds is 4. The van der Waals surface area contributed by atoms with Crippen molar-refractivity contribution in [2.24, 2.45) is 0 Å². The molecule has 0 saturated heterocycles. The van der Waals surface area contributed by atoms with Gasteiger partial charge in [-0.05, 0) is 47.8 Å². The van der Waals surface area contributed by atoms with Crippen molar-refractivity contribution in [1.29, 1.82) is 0 Å². The number of hydrogen-bond donors (Lipinski definition) is 1. The highest BCUT2D eigenvalue weighted by atomic mass is 79.9. The molecule has 0 aliphatic heterocycles. The highest BCUT2D eigenvalue weighted by Crippen LogP contribution is 2.18. The van der Waals surface area contributed by atoms with Gasteiger partial charge in [0.15, 0.2) is 6.10 Å². The summed E-state index contributed by atoms with van der Waals surface area (Å²) >= 11 is 3.26. The third kappa shape index (κ3) is 4.49. The van der Waals surface area contributed by atoms with Crippen molar-refractivity contribution in [3.8, 4) is 5.75 Å². The Morgan fingerprint density at radius 1 is 1.42 bits per heavy atom. The van der Waals surface area contributed by atoms with Crippen molar-refractivity contribution >= 4 is 21.8 Å². The normalized spacial score (nSPS) is 17.8. The maximum atomic E-state index is 12.0. The molecule has 1 aromatic rings. The average Bonchev–Trinajstić information content (AvgIpc) is 2.42. The summed E-state index contributed by atoms with van der Waals surface area (Å²) in [4.78, 5) is 16.1. The first-order valence-electron chi connectivity index (χ1n) is 6.74. The summed E-state index contributed by atoms with van der Waals surface area (Å²) in [7, 11) is 0. The van der Waals surface area contributed by atoms with Gasteiger partial charge in [-0.1, -0.05) is 19.3 Å². The van der Waals surface area contributed by atoms with Gasteiger partial charge in [0.1, 0.15) is 10.4 Å². The number of hydrogen-bond acceptors (Lipinski definition) is 3. The minimum atomic E-state index is -0.495. The summed E-state index contributed by atoms with van der Waals surface area (Å²) in [5, 5.41) is 3.06. The van der Waals surface area contributed by atoms with Crippen molar-refractivity contribution in [3.05, 3.63) is 22.9 Å². The Bertz CT molecular complexity index is 416. The fourth-order valence-electron chi connectivity index (χ4n) is 2.26. The van der Waals surface area contributed by atoms with Crippen LogP contribution in [0.5, 0.6) is 5.75 Å². The average molecular weight is 327 g/mol. The molecule has 1 amide bonds. The zero-order valence-corrected chi connectivity index (χ0v) is 12.6. The van der Waals surface area contributed by atoms with Crippen LogP contribution in [0.3, 0.4) is 0 Å². The maximum Gasteiger partial charge on any atom is 0.260 e. The molecule has 104 valence electrons. The Balaban J connectivity index is 1.83. The fourth-order valence-corrected chi connectivity index (χ4v) is 2.49. The summed E-state index contributed by atoms with van der Waals surface area (Å²) in [6.07, 6.45) is 6.96. The van der Waals surface area contributed by atoms with Crippen LogP contribution in [0.15, 0.2) is 22.9 Å². The second-order valence-electron chi connectivity index (χ2n) is 4.92. The first-order chi connectivity index (χ1) is 9.15. The molecular weight excluding hydrogens is 308 g/mol. The predicted octanol–water partition coefficient (Wildman–Crippen LogP) is 3.06. The quantitative estimate of drug-likeness (QED) is 0.865. The predicted molar refractivity (Wildman–Crippen MR) is 77.0 cm³/mol. The second-order valence-corrected chi connectivity index (χ2v) is 5.73. The highest BCUT2D eigenvalue weighted by molar-refractivity contribution is 9.10. The first kappa shape index (κ1) is 14.3. The number of nitrogens with zero attached hydrogens (tertiary/aromatic N) is 1. The summed E-state index contributed by atoms with van der Waals surface area (Å²) in [5.41, 5.74) is 0. The largest absolute Gasteiger partial charge is 0.479 e. The number of carbonyl (C=O) groups excluding carboxylic acids is 1. The molecule has 1 aliphatic rings. The Morgan fingerprint density at radius 3 is 2.79 bits per heavy atom. The zero-order chi connectivity index (χ0) is 13.7. The van der Waals surface area contributed by atoms with E-state index in [9.17, 15) is 4.79 Å². The van der Waals surface area contributed by atoms with Crippen molar-refractivity contribution < 1.29 is 9.53 Å². The van der Waals surface area contributed by atoms with Gasteiger partial charge in [0.05, 0.1) is 6.20 Å². The van der Waals surface area contributed by atoms with E-state index < -0.39 is 6.10 Å². The number of nitrogens with one attached hydrogen (secondary N) is 1. The van der Waals surface area contributed by atoms with Crippen molar-refractivity contribution in [1.82, 2.24) is 10.3 Å². The molecule has 5 heteroatoms. The van der Waals surface area contributed by atoms with Gasteiger partial charge in [0.25, 0.3) is 5.91 Å². The van der Waals surface area contributed by atoms with Crippen molar-refractivity contribution in [3.63, 3.8) is 0 Å². The molecule has 0 bridgehead atoms. The molecule has 4 nitrogen and oxygen atoms in total. The summed E-state index contributed by atoms with van der Waals surface area (Å²) in [6.45, 7) is 1.76. The summed E-state index contributed by atoms with van der Waals surface area (Å²) < 4.78 is 6.33. The molecule has 1 fully saturated rings. The number of halogens is 1. The molecular formula is C14H19BrN2O2. The molecule has 19 heavy (non-hydrogen) atoms. The van der Waals surface area contributed by atoms with Crippen LogP contribution < -0.4 is 10.1 Å². The lowest BCUT2D eigenvalue weighted by atomic mass is 9.95. The van der Waals surface area contributed by atoms with E-state index in [1.807, 2.05) is 0 Å². The van der Waals surface area contributed by atoms with Crippen molar-refractivity contribution in [2.75, 3.05) is 0 Å². The van der Waals surface area contributed by atoms with E-state index in [1.165, 1.54) is 19.3 Å². The highest BCUT2D eigenvalue weighted by Gasteiger charge is 2.20. The van der Waals surface area contributed by atoms with Gasteiger partial charge in [-0.3, -0.25) is 4.79 Å². The third-order valence-corrected chi connectivity index (χ3v) is 3.80. The fraction of sp³-hybridized carbons (Fsp3) is 0.571. The molecule has 0 radical (unpaired) electrons. The maximum absolute atomic E-state index is 12.0. The van der Waals surface area contributed by atoms with Crippen LogP contribution in [-0.4, -0.2) is 23.0 Å². The molecule has 0 spiro atoms. The Morgan fingerprint density at radius 2 is 2.16 bits per heavy atom. The lowest BCUT2D eigenvalue weighted by Crippen LogP contribution is -2.43. The van der Waals surface area contributed by atoms with E-state index in [4.69, 9.17) is 4.74 Å². The van der Waals surface area contributed by atoms with E-state index in [2.05, 4.69) is 26.2 Å². The van der Waals surface area contributed by atoms with Crippen LogP contribution in [0.2, 0.25) is 0 Å². The molecule has 2 rings (SSSR count). The number of ether oxygens (including phenoxy) is 1. The molecule has 1 saturated carbocycles. The standard InChI is InChI=1S/C14H19BrN2O2/c1-10(19-12-7-8-13(15)16-9-12)14(18)17-11-5-3-2-4-6-11/h7-11H,2-6H2,1H3,(H,17,18). The van der Waals surface area contributed by atoms with Gasteiger partial charge in [-0.25, -0.2) is 4.98 Å². The van der Waals surface area contributed by atoms with Gasteiger partial charge >= 0.3 is 0 Å². The van der Waals surface area contributed by atoms with Crippen LogP contribution in [-0.2, 0) is 4.79 Å². The molecule has 1 aromatic heterocycles. The van der Waals surface area contributed by atoms with Gasteiger partial charge in [-0.2, -0.15) is 0 Å². The molecule has 1 heterocycles. The van der Waals surface area contributed by atoms with Crippen LogP contribution in [0, 0.1) is 0 Å². The molecule has 1 N–H and O–H groups in total. The van der Waals surface area contributed by atoms with Crippen LogP contribution in [0.1, 0.15) is 39.0 Å². The first-order valence-corrected chi connectivity index (χ1v) is 7.53. The lowest BCUT2D eigenvalue weighted by Gasteiger charge is -2.24. The molecule has 1 unspecified atom stereocenters. The van der Waals surface area contributed by atoms with Crippen LogP contribution >= 0.6 is 15.9 Å². The molecule has 1 atom stereocenters. The van der Waals surface area contributed by atoms with Crippen molar-refractivity contribution in [2.45, 2.75) is 51.2 Å². The van der Waals surface area contributed by atoms with E-state index in [1.54, 1.807) is 25.3 Å². The molecule has 1 aliphatic carbocycles. The summed E-state index contributed by atoms with van der Waals surface area (Å²) in [5.74, 6) is 0.560. The SMILES string of the molecule is CC(Oc1ccc(Br)nc1)C(=O)NC1CCCCC1. The number of carbonyl (C=O) groups is 1. The Labute approximate surface area is 122 Å². The van der Waals surface area contributed by atoms with Crippen LogP contribution in [0.4, 0.5) is 0 Å². The van der Waals surface area contributed by atoms with E-state index in [-0.39, 0.29) is 5.91 Å². The monoisotopic (exact) mass is 326 g/mol. The van der Waals surface area contributed by atoms with E-state index >= 15 is 0 Å². The smallest absolute Gasteiger partial charge is 0.260 e. The van der Waals surface area contributed by atoms with Crippen LogP contribution in [0.25, 0.3) is 0 Å². The summed E-state index contributed by atoms with van der Waals surface area (Å²) in [6, 6.07) is 3.90. The van der Waals surface area contributed by atoms with Gasteiger partial charge in [-0.15, -0.1) is 0 Å². The minimum Gasteiger partial charge on any atom is -0.479 e. The number of pyridine rings is 1. The lowest BCUT2D eigenvalue weighted by molar-refractivity contribution is -0.128. The third-order valence-electron chi connectivity index (χ3n) is 3.33.